The number of amides is 1. The smallest absolute Gasteiger partial charge is 0.422 e. The molecule has 0 unspecified atom stereocenters. The highest BCUT2D eigenvalue weighted by atomic mass is 79.9. The molecule has 0 aliphatic rings. The van der Waals surface area contributed by atoms with E-state index in [4.69, 9.17) is 4.74 Å². The molecule has 0 bridgehead atoms. The lowest BCUT2D eigenvalue weighted by atomic mass is 10.2. The first-order valence-electron chi connectivity index (χ1n) is 5.90. The summed E-state index contributed by atoms with van der Waals surface area (Å²) in [5.41, 5.74) is 0.804. The number of hydrogen-bond acceptors (Lipinski definition) is 4. The highest BCUT2D eigenvalue weighted by Crippen LogP contribution is 2.12. The fourth-order valence-corrected chi connectivity index (χ4v) is 2.35. The minimum Gasteiger partial charge on any atom is -0.446 e. The Hall–Kier alpha value is -1.12. The van der Waals surface area contributed by atoms with Gasteiger partial charge in [0.05, 0.1) is 6.10 Å². The predicted molar refractivity (Wildman–Crippen MR) is 79.3 cm³/mol. The molecule has 0 atom stereocenters. The van der Waals surface area contributed by atoms with Crippen LogP contribution in [0.15, 0.2) is 28.7 Å². The summed E-state index contributed by atoms with van der Waals surface area (Å²) in [4.78, 5) is 11.3. The minimum atomic E-state index is -3.92. The molecule has 1 rings (SSSR count). The zero-order valence-electron chi connectivity index (χ0n) is 11.5. The molecule has 6 nitrogen and oxygen atoms in total. The quantitative estimate of drug-likeness (QED) is 0.869. The van der Waals surface area contributed by atoms with Crippen LogP contribution in [0.25, 0.3) is 0 Å². The van der Waals surface area contributed by atoms with E-state index in [1.807, 2.05) is 16.9 Å². The second-order valence-corrected chi connectivity index (χ2v) is 7.14. The first-order chi connectivity index (χ1) is 9.20. The summed E-state index contributed by atoms with van der Waals surface area (Å²) in [6, 6.07) is 7.22. The Morgan fingerprint density at radius 3 is 2.40 bits per heavy atom. The van der Waals surface area contributed by atoms with Gasteiger partial charge in [-0.1, -0.05) is 28.1 Å². The number of nitrogens with one attached hydrogen (secondary N) is 1. The van der Waals surface area contributed by atoms with Gasteiger partial charge in [0.1, 0.15) is 0 Å². The van der Waals surface area contributed by atoms with Crippen molar-refractivity contribution in [2.24, 2.45) is 0 Å². The molecule has 0 radical (unpaired) electrons. The maximum atomic E-state index is 11.9. The number of carbonyl (C=O) groups excluding carboxylic acids is 1. The van der Waals surface area contributed by atoms with E-state index in [0.29, 0.717) is 0 Å². The van der Waals surface area contributed by atoms with Gasteiger partial charge in [-0.05, 0) is 31.5 Å². The predicted octanol–water partition coefficient (Wildman–Crippen LogP) is 2.26. The molecule has 0 saturated carbocycles. The van der Waals surface area contributed by atoms with E-state index in [1.165, 1.54) is 7.05 Å². The van der Waals surface area contributed by atoms with Gasteiger partial charge in [0.2, 0.25) is 0 Å². The first-order valence-corrected chi connectivity index (χ1v) is 8.13. The lowest BCUT2D eigenvalue weighted by Gasteiger charge is -2.18. The number of ether oxygens (including phenoxy) is 1. The van der Waals surface area contributed by atoms with Crippen LogP contribution in [0.3, 0.4) is 0 Å². The molecule has 0 spiro atoms. The molecule has 1 amide bonds. The van der Waals surface area contributed by atoms with Crippen LogP contribution in [0.5, 0.6) is 0 Å². The van der Waals surface area contributed by atoms with E-state index in [9.17, 15) is 13.2 Å². The molecular formula is C12H17BrN2O4S. The Balaban J connectivity index is 2.67. The second-order valence-electron chi connectivity index (χ2n) is 4.44. The highest BCUT2D eigenvalue weighted by Gasteiger charge is 2.22. The SMILES string of the molecule is CC(C)OC(=O)NS(=O)(=O)N(C)Cc1ccc(Br)cc1. The zero-order valence-corrected chi connectivity index (χ0v) is 13.9. The average molecular weight is 365 g/mol. The van der Waals surface area contributed by atoms with Crippen molar-refractivity contribution in [3.63, 3.8) is 0 Å². The summed E-state index contributed by atoms with van der Waals surface area (Å²) in [6.07, 6.45) is -1.37. The van der Waals surface area contributed by atoms with E-state index in [-0.39, 0.29) is 12.6 Å². The topological polar surface area (TPSA) is 75.7 Å². The normalized spacial score (nSPS) is 11.7. The van der Waals surface area contributed by atoms with Gasteiger partial charge in [-0.2, -0.15) is 12.7 Å². The van der Waals surface area contributed by atoms with Crippen LogP contribution in [-0.4, -0.2) is 32.0 Å². The third-order valence-electron chi connectivity index (χ3n) is 2.28. The van der Waals surface area contributed by atoms with Crippen LogP contribution in [0.4, 0.5) is 4.79 Å². The van der Waals surface area contributed by atoms with Gasteiger partial charge >= 0.3 is 16.3 Å². The van der Waals surface area contributed by atoms with Gasteiger partial charge < -0.3 is 4.74 Å². The summed E-state index contributed by atoms with van der Waals surface area (Å²) in [5.74, 6) is 0. The van der Waals surface area contributed by atoms with E-state index in [1.54, 1.807) is 26.0 Å². The molecule has 112 valence electrons. The summed E-state index contributed by atoms with van der Waals surface area (Å²) in [7, 11) is -2.53. The van der Waals surface area contributed by atoms with Crippen LogP contribution in [0.2, 0.25) is 0 Å². The third-order valence-corrected chi connectivity index (χ3v) is 4.19. The highest BCUT2D eigenvalue weighted by molar-refractivity contribution is 9.10. The molecule has 0 aromatic heterocycles. The fraction of sp³-hybridized carbons (Fsp3) is 0.417. The van der Waals surface area contributed by atoms with Gasteiger partial charge in [0, 0.05) is 18.1 Å². The van der Waals surface area contributed by atoms with Crippen molar-refractivity contribution in [3.05, 3.63) is 34.3 Å². The Labute approximate surface area is 127 Å². The summed E-state index contributed by atoms with van der Waals surface area (Å²) >= 11 is 3.30. The van der Waals surface area contributed by atoms with Crippen LogP contribution in [0.1, 0.15) is 19.4 Å². The Kier molecular flexibility index (Phi) is 5.97. The third kappa shape index (κ3) is 5.48. The molecule has 0 heterocycles. The zero-order chi connectivity index (χ0) is 15.3. The maximum Gasteiger partial charge on any atom is 0.422 e. The van der Waals surface area contributed by atoms with Crippen molar-refractivity contribution < 1.29 is 17.9 Å². The Morgan fingerprint density at radius 1 is 1.35 bits per heavy atom. The van der Waals surface area contributed by atoms with E-state index in [2.05, 4.69) is 15.9 Å². The van der Waals surface area contributed by atoms with Gasteiger partial charge in [-0.15, -0.1) is 0 Å². The standard InChI is InChI=1S/C12H17BrN2O4S/c1-9(2)19-12(16)14-20(17,18)15(3)8-10-4-6-11(13)7-5-10/h4-7,9H,8H2,1-3H3,(H,14,16). The number of carbonyl (C=O) groups is 1. The second kappa shape index (κ2) is 7.05. The minimum absolute atomic E-state index is 0.150. The van der Waals surface area contributed by atoms with Crippen molar-refractivity contribution in [1.29, 1.82) is 0 Å². The van der Waals surface area contributed by atoms with Crippen molar-refractivity contribution in [1.82, 2.24) is 9.03 Å². The molecule has 1 N–H and O–H groups in total. The van der Waals surface area contributed by atoms with Crippen molar-refractivity contribution >= 4 is 32.2 Å². The molecule has 0 aliphatic heterocycles. The molecule has 0 saturated heterocycles. The number of rotatable bonds is 5. The number of nitrogens with zero attached hydrogens (tertiary/aromatic N) is 1. The van der Waals surface area contributed by atoms with E-state index < -0.39 is 16.3 Å². The maximum absolute atomic E-state index is 11.9. The van der Waals surface area contributed by atoms with E-state index >= 15 is 0 Å². The monoisotopic (exact) mass is 364 g/mol. The van der Waals surface area contributed by atoms with Crippen molar-refractivity contribution in [2.75, 3.05) is 7.05 Å². The van der Waals surface area contributed by atoms with Gasteiger partial charge in [0.25, 0.3) is 0 Å². The van der Waals surface area contributed by atoms with Crippen molar-refractivity contribution in [3.8, 4) is 0 Å². The fourth-order valence-electron chi connectivity index (χ4n) is 1.35. The molecule has 20 heavy (non-hydrogen) atoms. The average Bonchev–Trinajstić information content (AvgIpc) is 2.30. The molecule has 0 aliphatic carbocycles. The van der Waals surface area contributed by atoms with Crippen LogP contribution in [0, 0.1) is 0 Å². The molecule has 1 aromatic carbocycles. The van der Waals surface area contributed by atoms with E-state index in [0.717, 1.165) is 14.3 Å². The molecule has 0 fully saturated rings. The first kappa shape index (κ1) is 16.9. The van der Waals surface area contributed by atoms with Crippen LogP contribution >= 0.6 is 15.9 Å². The summed E-state index contributed by atoms with van der Waals surface area (Å²) in [5, 5.41) is 0. The van der Waals surface area contributed by atoms with Crippen molar-refractivity contribution in [2.45, 2.75) is 26.5 Å². The molecule has 1 aromatic rings. The van der Waals surface area contributed by atoms with Crippen LogP contribution in [-0.2, 0) is 21.5 Å². The van der Waals surface area contributed by atoms with Gasteiger partial charge in [-0.25, -0.2) is 9.52 Å². The number of halogens is 1. The summed E-state index contributed by atoms with van der Waals surface area (Å²) < 4.78 is 32.3. The Bertz CT molecular complexity index is 557. The van der Waals surface area contributed by atoms with Gasteiger partial charge in [-0.3, -0.25) is 0 Å². The lowest BCUT2D eigenvalue weighted by molar-refractivity contribution is 0.121. The largest absolute Gasteiger partial charge is 0.446 e. The number of benzene rings is 1. The Morgan fingerprint density at radius 2 is 1.90 bits per heavy atom. The molecular weight excluding hydrogens is 348 g/mol. The van der Waals surface area contributed by atoms with Crippen LogP contribution < -0.4 is 4.72 Å². The lowest BCUT2D eigenvalue weighted by Crippen LogP contribution is -2.42. The van der Waals surface area contributed by atoms with Gasteiger partial charge in [0.15, 0.2) is 0 Å². The number of hydrogen-bond donors (Lipinski definition) is 1. The summed E-state index contributed by atoms with van der Waals surface area (Å²) in [6.45, 7) is 3.42. The molecule has 8 heteroatoms.